The molecule has 1 saturated carbocycles. The van der Waals surface area contributed by atoms with Gasteiger partial charge in [0.2, 0.25) is 0 Å². The van der Waals surface area contributed by atoms with Crippen LogP contribution in [0, 0.1) is 5.82 Å². The van der Waals surface area contributed by atoms with Crippen molar-refractivity contribution in [3.8, 4) is 0 Å². The first-order valence-corrected chi connectivity index (χ1v) is 6.81. The molecule has 0 N–H and O–H groups in total. The summed E-state index contributed by atoms with van der Waals surface area (Å²) in [7, 11) is 0. The first kappa shape index (κ1) is 14.3. The summed E-state index contributed by atoms with van der Waals surface area (Å²) in [5.74, 6) is -0.592. The summed E-state index contributed by atoms with van der Waals surface area (Å²) in [6.07, 6.45) is 2.10. The second kappa shape index (κ2) is 6.35. The number of esters is 1. The molecule has 0 heterocycles. The Morgan fingerprint density at radius 2 is 2.26 bits per heavy atom. The number of rotatable bonds is 6. The monoisotopic (exact) mass is 285 g/mol. The fourth-order valence-corrected chi connectivity index (χ4v) is 2.15. The van der Waals surface area contributed by atoms with E-state index in [1.807, 2.05) is 4.90 Å². The van der Waals surface area contributed by atoms with Crippen LogP contribution in [0.4, 0.5) is 4.39 Å². The average molecular weight is 286 g/mol. The van der Waals surface area contributed by atoms with Crippen LogP contribution in [0.5, 0.6) is 0 Å². The number of ether oxygens (including phenoxy) is 1. The molecular weight excluding hydrogens is 269 g/mol. The molecule has 0 spiro atoms. The van der Waals surface area contributed by atoms with E-state index in [9.17, 15) is 9.18 Å². The fraction of sp³-hybridized carbons (Fsp3) is 0.500. The van der Waals surface area contributed by atoms with Crippen molar-refractivity contribution < 1.29 is 13.9 Å². The van der Waals surface area contributed by atoms with Crippen molar-refractivity contribution in [3.05, 3.63) is 34.6 Å². The third-order valence-corrected chi connectivity index (χ3v) is 3.32. The van der Waals surface area contributed by atoms with E-state index in [-0.39, 0.29) is 18.3 Å². The third-order valence-electron chi connectivity index (χ3n) is 3.09. The summed E-state index contributed by atoms with van der Waals surface area (Å²) >= 11 is 5.73. The van der Waals surface area contributed by atoms with Crippen LogP contribution in [0.2, 0.25) is 5.02 Å². The molecule has 3 nitrogen and oxygen atoms in total. The van der Waals surface area contributed by atoms with Gasteiger partial charge in [0.15, 0.2) is 0 Å². The maximum Gasteiger partial charge on any atom is 0.320 e. The smallest absolute Gasteiger partial charge is 0.320 e. The predicted molar refractivity (Wildman–Crippen MR) is 71.5 cm³/mol. The van der Waals surface area contributed by atoms with Crippen molar-refractivity contribution in [1.29, 1.82) is 0 Å². The molecule has 1 aliphatic carbocycles. The minimum absolute atomic E-state index is 0.209. The van der Waals surface area contributed by atoms with Crippen molar-refractivity contribution >= 4 is 17.6 Å². The molecule has 0 bridgehead atoms. The molecule has 0 aliphatic heterocycles. The molecule has 0 aromatic heterocycles. The Labute approximate surface area is 117 Å². The van der Waals surface area contributed by atoms with Crippen molar-refractivity contribution in [2.75, 3.05) is 13.2 Å². The van der Waals surface area contributed by atoms with Crippen LogP contribution < -0.4 is 0 Å². The highest BCUT2D eigenvalue weighted by Crippen LogP contribution is 2.29. The van der Waals surface area contributed by atoms with Crippen molar-refractivity contribution in [2.24, 2.45) is 0 Å². The van der Waals surface area contributed by atoms with E-state index < -0.39 is 0 Å². The predicted octanol–water partition coefficient (Wildman–Crippen LogP) is 3.01. The zero-order valence-electron chi connectivity index (χ0n) is 10.9. The zero-order valence-corrected chi connectivity index (χ0v) is 11.6. The molecule has 19 heavy (non-hydrogen) atoms. The number of hydrogen-bond acceptors (Lipinski definition) is 3. The Bertz CT molecular complexity index is 463. The lowest BCUT2D eigenvalue weighted by Crippen LogP contribution is -2.32. The van der Waals surface area contributed by atoms with Crippen LogP contribution >= 0.6 is 11.6 Å². The van der Waals surface area contributed by atoms with E-state index in [1.54, 1.807) is 19.1 Å². The summed E-state index contributed by atoms with van der Waals surface area (Å²) in [6.45, 7) is 2.76. The first-order valence-electron chi connectivity index (χ1n) is 6.43. The van der Waals surface area contributed by atoms with Gasteiger partial charge >= 0.3 is 5.97 Å². The quantitative estimate of drug-likeness (QED) is 0.753. The molecule has 0 radical (unpaired) electrons. The molecule has 2 rings (SSSR count). The fourth-order valence-electron chi connectivity index (χ4n) is 1.99. The molecule has 1 aliphatic rings. The largest absolute Gasteiger partial charge is 0.465 e. The summed E-state index contributed by atoms with van der Waals surface area (Å²) in [5, 5.41) is 0.379. The van der Waals surface area contributed by atoms with Crippen molar-refractivity contribution in [3.63, 3.8) is 0 Å². The lowest BCUT2D eigenvalue weighted by atomic mass is 10.2. The molecular formula is C14H17ClFNO2. The molecule has 0 unspecified atom stereocenters. The Morgan fingerprint density at radius 3 is 2.84 bits per heavy atom. The van der Waals surface area contributed by atoms with Gasteiger partial charge in [-0.25, -0.2) is 4.39 Å². The topological polar surface area (TPSA) is 29.5 Å². The molecule has 1 aromatic carbocycles. The van der Waals surface area contributed by atoms with Crippen molar-refractivity contribution in [2.45, 2.75) is 32.4 Å². The minimum atomic E-state index is -0.331. The van der Waals surface area contributed by atoms with E-state index in [0.717, 1.165) is 12.8 Å². The van der Waals surface area contributed by atoms with Crippen LogP contribution in [0.3, 0.4) is 0 Å². The second-order valence-corrected chi connectivity index (χ2v) is 5.11. The number of carbonyl (C=O) groups excluding carboxylic acids is 1. The van der Waals surface area contributed by atoms with Gasteiger partial charge in [-0.1, -0.05) is 17.7 Å². The standard InChI is InChI=1S/C14H17ClFNO2/c1-2-19-14(18)9-17(12-5-6-12)8-10-3-4-11(15)7-13(10)16/h3-4,7,12H,2,5-6,8-9H2,1H3. The molecule has 104 valence electrons. The zero-order chi connectivity index (χ0) is 13.8. The van der Waals surface area contributed by atoms with Gasteiger partial charge in [0, 0.05) is 23.2 Å². The lowest BCUT2D eigenvalue weighted by Gasteiger charge is -2.21. The lowest BCUT2D eigenvalue weighted by molar-refractivity contribution is -0.144. The van der Waals surface area contributed by atoms with E-state index in [1.165, 1.54) is 6.07 Å². The van der Waals surface area contributed by atoms with E-state index in [4.69, 9.17) is 16.3 Å². The summed E-state index contributed by atoms with van der Waals surface area (Å²) in [6, 6.07) is 4.99. The van der Waals surface area contributed by atoms with Gasteiger partial charge in [0.25, 0.3) is 0 Å². The Morgan fingerprint density at radius 1 is 1.53 bits per heavy atom. The molecule has 0 saturated heterocycles. The SMILES string of the molecule is CCOC(=O)CN(Cc1ccc(Cl)cc1F)C1CC1. The number of benzene rings is 1. The van der Waals surface area contributed by atoms with Crippen LogP contribution in [-0.4, -0.2) is 30.1 Å². The van der Waals surface area contributed by atoms with Gasteiger partial charge in [0.05, 0.1) is 13.2 Å². The molecule has 0 amide bonds. The van der Waals surface area contributed by atoms with Crippen LogP contribution in [0.1, 0.15) is 25.3 Å². The van der Waals surface area contributed by atoms with E-state index >= 15 is 0 Å². The Kier molecular flexibility index (Phi) is 4.77. The Hall–Kier alpha value is -1.13. The van der Waals surface area contributed by atoms with Gasteiger partial charge in [-0.2, -0.15) is 0 Å². The van der Waals surface area contributed by atoms with Gasteiger partial charge in [0.1, 0.15) is 5.82 Å². The Balaban J connectivity index is 2.02. The third kappa shape index (κ3) is 4.18. The highest BCUT2D eigenvalue weighted by molar-refractivity contribution is 6.30. The molecule has 1 fully saturated rings. The van der Waals surface area contributed by atoms with Crippen LogP contribution in [0.25, 0.3) is 0 Å². The van der Waals surface area contributed by atoms with E-state index in [0.29, 0.717) is 29.8 Å². The van der Waals surface area contributed by atoms with Crippen LogP contribution in [-0.2, 0) is 16.1 Å². The summed E-state index contributed by atoms with van der Waals surface area (Å²) in [5.41, 5.74) is 0.556. The average Bonchev–Trinajstić information content (AvgIpc) is 3.16. The van der Waals surface area contributed by atoms with Gasteiger partial charge in [-0.15, -0.1) is 0 Å². The van der Waals surface area contributed by atoms with Gasteiger partial charge in [-0.3, -0.25) is 9.69 Å². The number of hydrogen-bond donors (Lipinski definition) is 0. The number of nitrogens with zero attached hydrogens (tertiary/aromatic N) is 1. The first-order chi connectivity index (χ1) is 9.10. The van der Waals surface area contributed by atoms with Gasteiger partial charge in [-0.05, 0) is 31.9 Å². The highest BCUT2D eigenvalue weighted by atomic mass is 35.5. The maximum atomic E-state index is 13.8. The minimum Gasteiger partial charge on any atom is -0.465 e. The highest BCUT2D eigenvalue weighted by Gasteiger charge is 2.31. The van der Waals surface area contributed by atoms with E-state index in [2.05, 4.69) is 0 Å². The molecule has 5 heteroatoms. The van der Waals surface area contributed by atoms with Crippen molar-refractivity contribution in [1.82, 2.24) is 4.90 Å². The van der Waals surface area contributed by atoms with Gasteiger partial charge < -0.3 is 4.74 Å². The summed E-state index contributed by atoms with van der Waals surface area (Å²) < 4.78 is 18.7. The summed E-state index contributed by atoms with van der Waals surface area (Å²) in [4.78, 5) is 13.5. The number of carbonyl (C=O) groups is 1. The maximum absolute atomic E-state index is 13.8. The number of halogens is 2. The molecule has 0 atom stereocenters. The van der Waals surface area contributed by atoms with Crippen LogP contribution in [0.15, 0.2) is 18.2 Å². The second-order valence-electron chi connectivity index (χ2n) is 4.68. The normalized spacial score (nSPS) is 14.7. The molecule has 1 aromatic rings.